The Bertz CT molecular complexity index is 1530. The van der Waals surface area contributed by atoms with Crippen molar-refractivity contribution in [1.29, 1.82) is 0 Å². The summed E-state index contributed by atoms with van der Waals surface area (Å²) in [7, 11) is 3.47. The van der Waals surface area contributed by atoms with Gasteiger partial charge in [0.1, 0.15) is 5.75 Å². The SMILES string of the molecule is COc1ccc2[nH]cc(C3=CCN(CCn4c5c(n[n+]4C)C(=O)c4ccccc4C5=O)CC3)c2c1. The fraction of sp³-hybridized carbons (Fsp3) is 0.259. The number of aromatic nitrogens is 4. The predicted molar refractivity (Wildman–Crippen MR) is 131 cm³/mol. The zero-order valence-electron chi connectivity index (χ0n) is 19.7. The summed E-state index contributed by atoms with van der Waals surface area (Å²) in [5.74, 6) is 0.521. The maximum Gasteiger partial charge on any atom is 0.220 e. The van der Waals surface area contributed by atoms with E-state index in [9.17, 15) is 9.59 Å². The van der Waals surface area contributed by atoms with Gasteiger partial charge in [-0.1, -0.05) is 30.3 Å². The van der Waals surface area contributed by atoms with Crippen LogP contribution < -0.4 is 9.53 Å². The molecule has 4 aromatic rings. The monoisotopic (exact) mass is 468 g/mol. The molecule has 1 N–H and O–H groups in total. The number of carbonyl (C=O) groups is 2. The van der Waals surface area contributed by atoms with Crippen molar-refractivity contribution in [3.8, 4) is 5.75 Å². The summed E-state index contributed by atoms with van der Waals surface area (Å²) >= 11 is 0. The van der Waals surface area contributed by atoms with E-state index >= 15 is 0 Å². The molecule has 8 heteroatoms. The standard InChI is InChI=1S/C27H25N5O3/c1-30-29-24-25(27(34)20-6-4-3-5-19(20)26(24)33)32(30)14-13-31-11-9-17(10-12-31)22-16-28-23-8-7-18(35-2)15-21(22)23/h3-9,15-16H,10-14H2,1-2H3/p+1. The number of methoxy groups -OCH3 is 1. The van der Waals surface area contributed by atoms with Crippen LogP contribution in [-0.4, -0.2) is 58.0 Å². The Balaban J connectivity index is 1.20. The molecular formula is C27H26N5O3+. The predicted octanol–water partition coefficient (Wildman–Crippen LogP) is 2.76. The van der Waals surface area contributed by atoms with Gasteiger partial charge in [-0.15, -0.1) is 4.68 Å². The van der Waals surface area contributed by atoms with Gasteiger partial charge >= 0.3 is 0 Å². The quantitative estimate of drug-likeness (QED) is 0.401. The Labute approximate surface area is 202 Å². The zero-order chi connectivity index (χ0) is 24.1. The average molecular weight is 469 g/mol. The van der Waals surface area contributed by atoms with E-state index < -0.39 is 0 Å². The summed E-state index contributed by atoms with van der Waals surface area (Å²) in [6, 6.07) is 13.1. The van der Waals surface area contributed by atoms with E-state index in [0.717, 1.165) is 37.3 Å². The number of benzene rings is 2. The summed E-state index contributed by atoms with van der Waals surface area (Å²) in [5, 5.41) is 5.57. The highest BCUT2D eigenvalue weighted by Gasteiger charge is 2.39. The Morgan fingerprint density at radius 3 is 2.60 bits per heavy atom. The number of fused-ring (bicyclic) bond motifs is 3. The van der Waals surface area contributed by atoms with E-state index in [4.69, 9.17) is 4.74 Å². The second-order valence-corrected chi connectivity index (χ2v) is 9.01. The number of hydrogen-bond donors (Lipinski definition) is 1. The third kappa shape index (κ3) is 3.49. The van der Waals surface area contributed by atoms with Crippen molar-refractivity contribution in [3.63, 3.8) is 0 Å². The van der Waals surface area contributed by atoms with E-state index in [-0.39, 0.29) is 17.3 Å². The van der Waals surface area contributed by atoms with Crippen LogP contribution in [0.25, 0.3) is 16.5 Å². The maximum atomic E-state index is 13.2. The number of aromatic amines is 1. The number of hydrogen-bond acceptors (Lipinski definition) is 5. The minimum atomic E-state index is -0.189. The fourth-order valence-electron chi connectivity index (χ4n) is 5.17. The zero-order valence-corrected chi connectivity index (χ0v) is 19.7. The molecule has 0 amide bonds. The smallest absolute Gasteiger partial charge is 0.220 e. The molecule has 8 nitrogen and oxygen atoms in total. The van der Waals surface area contributed by atoms with Gasteiger partial charge in [-0.25, -0.2) is 0 Å². The van der Waals surface area contributed by atoms with Crippen molar-refractivity contribution < 1.29 is 19.1 Å². The highest BCUT2D eigenvalue weighted by atomic mass is 16.5. The number of nitrogens with one attached hydrogen (secondary N) is 1. The molecule has 176 valence electrons. The van der Waals surface area contributed by atoms with Crippen LogP contribution >= 0.6 is 0 Å². The minimum absolute atomic E-state index is 0.140. The molecule has 0 spiro atoms. The third-order valence-corrected chi connectivity index (χ3v) is 7.08. The van der Waals surface area contributed by atoms with Crippen molar-refractivity contribution >= 4 is 28.0 Å². The van der Waals surface area contributed by atoms with Gasteiger partial charge in [0.2, 0.25) is 17.3 Å². The number of H-pyrrole nitrogens is 1. The van der Waals surface area contributed by atoms with Gasteiger partial charge < -0.3 is 9.72 Å². The number of aryl methyl sites for hydroxylation is 1. The van der Waals surface area contributed by atoms with Crippen LogP contribution in [0, 0.1) is 0 Å². The van der Waals surface area contributed by atoms with Crippen molar-refractivity contribution in [2.75, 3.05) is 26.7 Å². The fourth-order valence-corrected chi connectivity index (χ4v) is 5.17. The number of ether oxygens (including phenoxy) is 1. The third-order valence-electron chi connectivity index (χ3n) is 7.08. The largest absolute Gasteiger partial charge is 0.497 e. The highest BCUT2D eigenvalue weighted by molar-refractivity contribution is 6.26. The molecule has 2 aromatic heterocycles. The number of rotatable bonds is 5. The number of carbonyl (C=O) groups excluding carboxylic acids is 2. The van der Waals surface area contributed by atoms with E-state index in [1.807, 2.05) is 16.8 Å². The minimum Gasteiger partial charge on any atom is -0.497 e. The van der Waals surface area contributed by atoms with E-state index in [1.165, 1.54) is 16.5 Å². The van der Waals surface area contributed by atoms with Gasteiger partial charge in [0.05, 0.1) is 13.7 Å². The molecule has 0 saturated carbocycles. The molecule has 1 aliphatic carbocycles. The van der Waals surface area contributed by atoms with Crippen LogP contribution in [0.3, 0.4) is 0 Å². The molecule has 0 fully saturated rings. The van der Waals surface area contributed by atoms with Crippen molar-refractivity contribution in [1.82, 2.24) is 19.7 Å². The lowest BCUT2D eigenvalue weighted by atomic mass is 9.90. The lowest BCUT2D eigenvalue weighted by Gasteiger charge is -2.26. The molecule has 35 heavy (non-hydrogen) atoms. The van der Waals surface area contributed by atoms with Crippen LogP contribution in [0.4, 0.5) is 0 Å². The molecule has 3 heterocycles. The van der Waals surface area contributed by atoms with E-state index in [0.29, 0.717) is 23.4 Å². The lowest BCUT2D eigenvalue weighted by Crippen LogP contribution is -2.45. The lowest BCUT2D eigenvalue weighted by molar-refractivity contribution is -0.805. The summed E-state index contributed by atoms with van der Waals surface area (Å²) in [4.78, 5) is 33.5. The summed E-state index contributed by atoms with van der Waals surface area (Å²) in [6.07, 6.45) is 5.28. The van der Waals surface area contributed by atoms with Gasteiger partial charge in [0.25, 0.3) is 0 Å². The first-order valence-corrected chi connectivity index (χ1v) is 11.8. The molecule has 0 atom stereocenters. The van der Waals surface area contributed by atoms with Gasteiger partial charge in [0.15, 0.2) is 12.7 Å². The summed E-state index contributed by atoms with van der Waals surface area (Å²) in [6.45, 7) is 3.07. The van der Waals surface area contributed by atoms with E-state index in [1.54, 1.807) is 43.2 Å². The van der Waals surface area contributed by atoms with Crippen LogP contribution in [0.15, 0.2) is 54.7 Å². The van der Waals surface area contributed by atoms with Crippen LogP contribution in [-0.2, 0) is 13.6 Å². The molecule has 0 bridgehead atoms. The molecule has 0 unspecified atom stereocenters. The summed E-state index contributed by atoms with van der Waals surface area (Å²) in [5.41, 5.74) is 5.15. The van der Waals surface area contributed by atoms with Gasteiger partial charge in [-0.2, -0.15) is 0 Å². The summed E-state index contributed by atoms with van der Waals surface area (Å²) < 4.78 is 7.24. The Hall–Kier alpha value is -4.04. The second kappa shape index (κ2) is 8.32. The molecule has 1 aliphatic heterocycles. The van der Waals surface area contributed by atoms with Gasteiger partial charge in [-0.05, 0) is 35.0 Å². The first-order valence-electron chi connectivity index (χ1n) is 11.8. The van der Waals surface area contributed by atoms with Crippen LogP contribution in [0.2, 0.25) is 0 Å². The highest BCUT2D eigenvalue weighted by Crippen LogP contribution is 2.31. The average Bonchev–Trinajstić information content (AvgIpc) is 3.47. The second-order valence-electron chi connectivity index (χ2n) is 9.01. The first-order chi connectivity index (χ1) is 17.0. The topological polar surface area (TPSA) is 84.1 Å². The van der Waals surface area contributed by atoms with Crippen molar-refractivity contribution in [3.05, 3.63) is 82.8 Å². The number of ketones is 2. The van der Waals surface area contributed by atoms with E-state index in [2.05, 4.69) is 33.3 Å². The van der Waals surface area contributed by atoms with Gasteiger partial charge in [-0.3, -0.25) is 14.5 Å². The van der Waals surface area contributed by atoms with Gasteiger partial charge in [0, 0.05) is 58.5 Å². The Morgan fingerprint density at radius 2 is 1.86 bits per heavy atom. The Kier molecular flexibility index (Phi) is 5.11. The molecular weight excluding hydrogens is 442 g/mol. The van der Waals surface area contributed by atoms with Crippen molar-refractivity contribution in [2.24, 2.45) is 7.05 Å². The normalized spacial score (nSPS) is 15.8. The van der Waals surface area contributed by atoms with Crippen LogP contribution in [0.5, 0.6) is 5.75 Å². The molecule has 2 aliphatic rings. The Morgan fingerprint density at radius 1 is 1.06 bits per heavy atom. The first kappa shape index (κ1) is 21.5. The maximum absolute atomic E-state index is 13.2. The number of nitrogens with zero attached hydrogens (tertiary/aromatic N) is 4. The molecule has 6 rings (SSSR count). The molecule has 2 aromatic carbocycles. The van der Waals surface area contributed by atoms with Crippen LogP contribution in [0.1, 0.15) is 44.1 Å². The molecule has 0 saturated heterocycles. The van der Waals surface area contributed by atoms with Crippen molar-refractivity contribution in [2.45, 2.75) is 13.0 Å². The molecule has 0 radical (unpaired) electrons.